The minimum absolute atomic E-state index is 0.00205. The van der Waals surface area contributed by atoms with Crippen LogP contribution in [0.5, 0.6) is 0 Å². The number of fused-ring (bicyclic) bond motifs is 2. The van der Waals surface area contributed by atoms with Gasteiger partial charge in [-0.25, -0.2) is 18.9 Å². The molecule has 0 bridgehead atoms. The molecule has 48 heavy (non-hydrogen) atoms. The molecule has 2 N–H and O–H groups in total. The molecule has 1 unspecified atom stereocenters. The lowest BCUT2D eigenvalue weighted by Crippen LogP contribution is -2.51. The van der Waals surface area contributed by atoms with Crippen LogP contribution in [0, 0.1) is 11.7 Å². The third kappa shape index (κ3) is 7.88. The van der Waals surface area contributed by atoms with Crippen LogP contribution in [-0.2, 0) is 42.4 Å². The Morgan fingerprint density at radius 1 is 1.04 bits per heavy atom. The standard InChI is InChI=1S/C33H38F4N4O7/c1-18(2)26(39-29(45)47-31(4,5)6)27(43)38-23-11-12-24-21(15-23)13-14-32(24)28(44)41(30(46)48-32)17-25(42)40(19(3)33(35,36)37)16-20-7-9-22(34)10-8-20/h7-12,15,18-19,26H,13-14,16-17H2,1-6H3,(H,38,43)(H,39,45)/t19-,26+,32?/m0/s1. The molecular formula is C33H38F4N4O7. The second-order valence-electron chi connectivity index (χ2n) is 13.2. The number of anilines is 1. The largest absolute Gasteiger partial charge is 0.444 e. The topological polar surface area (TPSA) is 134 Å². The fourth-order valence-electron chi connectivity index (χ4n) is 5.55. The number of nitrogens with zero attached hydrogens (tertiary/aromatic N) is 2. The summed E-state index contributed by atoms with van der Waals surface area (Å²) in [6, 6.07) is 5.89. The van der Waals surface area contributed by atoms with Crippen LogP contribution in [-0.4, -0.2) is 70.1 Å². The highest BCUT2D eigenvalue weighted by Crippen LogP contribution is 2.46. The molecule has 5 amide bonds. The summed E-state index contributed by atoms with van der Waals surface area (Å²) in [4.78, 5) is 66.3. The Balaban J connectivity index is 1.50. The number of rotatable bonds is 9. The third-order valence-electron chi connectivity index (χ3n) is 8.07. The van der Waals surface area contributed by atoms with E-state index in [4.69, 9.17) is 9.47 Å². The minimum atomic E-state index is -4.83. The molecule has 0 aromatic heterocycles. The Morgan fingerprint density at radius 2 is 1.69 bits per heavy atom. The van der Waals surface area contributed by atoms with E-state index in [0.717, 1.165) is 19.1 Å². The summed E-state index contributed by atoms with van der Waals surface area (Å²) in [5.41, 5.74) is -1.15. The number of aryl methyl sites for hydroxylation is 1. The highest BCUT2D eigenvalue weighted by Gasteiger charge is 2.58. The van der Waals surface area contributed by atoms with Gasteiger partial charge in [-0.2, -0.15) is 13.2 Å². The molecule has 1 saturated heterocycles. The molecule has 15 heteroatoms. The summed E-state index contributed by atoms with van der Waals surface area (Å²) >= 11 is 0. The maximum absolute atomic E-state index is 13.7. The SMILES string of the molecule is CC(C)[C@@H](NC(=O)OC(C)(C)C)C(=O)Nc1ccc2c(c1)CCC21OC(=O)N(CC(=O)N(Cc2ccc(F)cc2)[C@@H](C)C(F)(F)F)C1=O. The summed E-state index contributed by atoms with van der Waals surface area (Å²) in [5.74, 6) is -3.50. The van der Waals surface area contributed by atoms with Gasteiger partial charge in [0.1, 0.15) is 30.0 Å². The van der Waals surface area contributed by atoms with Gasteiger partial charge in [-0.1, -0.05) is 32.0 Å². The lowest BCUT2D eigenvalue weighted by molar-refractivity contribution is -0.187. The first-order chi connectivity index (χ1) is 22.2. The van der Waals surface area contributed by atoms with Crippen molar-refractivity contribution in [3.8, 4) is 0 Å². The van der Waals surface area contributed by atoms with Crippen molar-refractivity contribution in [3.63, 3.8) is 0 Å². The third-order valence-corrected chi connectivity index (χ3v) is 8.07. The Morgan fingerprint density at radius 3 is 2.27 bits per heavy atom. The zero-order valence-electron chi connectivity index (χ0n) is 27.4. The summed E-state index contributed by atoms with van der Waals surface area (Å²) < 4.78 is 65.4. The number of amides is 5. The highest BCUT2D eigenvalue weighted by atomic mass is 19.4. The molecule has 1 heterocycles. The number of ether oxygens (including phenoxy) is 2. The molecule has 0 saturated carbocycles. The smallest absolute Gasteiger partial charge is 0.418 e. The molecule has 2 aromatic carbocycles. The Labute approximate surface area is 274 Å². The zero-order chi connectivity index (χ0) is 35.8. The molecule has 2 aromatic rings. The lowest BCUT2D eigenvalue weighted by Gasteiger charge is -2.31. The quantitative estimate of drug-likeness (QED) is 0.339. The second-order valence-corrected chi connectivity index (χ2v) is 13.2. The summed E-state index contributed by atoms with van der Waals surface area (Å²) in [6.07, 6.45) is -6.53. The van der Waals surface area contributed by atoms with E-state index in [1.807, 2.05) is 0 Å². The van der Waals surface area contributed by atoms with Crippen molar-refractivity contribution in [2.45, 2.75) is 90.4 Å². The van der Waals surface area contributed by atoms with Gasteiger partial charge >= 0.3 is 18.4 Å². The van der Waals surface area contributed by atoms with Crippen molar-refractivity contribution in [1.82, 2.24) is 15.1 Å². The molecule has 260 valence electrons. The number of alkyl halides is 3. The fraction of sp³-hybridized carbons (Fsp3) is 0.485. The van der Waals surface area contributed by atoms with Gasteiger partial charge < -0.3 is 25.0 Å². The van der Waals surface area contributed by atoms with E-state index in [1.54, 1.807) is 40.7 Å². The number of hydrogen-bond acceptors (Lipinski definition) is 7. The number of halogens is 4. The van der Waals surface area contributed by atoms with Gasteiger partial charge in [-0.05, 0) is 75.4 Å². The second kappa shape index (κ2) is 13.4. The molecule has 2 aliphatic rings. The fourth-order valence-corrected chi connectivity index (χ4v) is 5.55. The molecule has 1 spiro atoms. The van der Waals surface area contributed by atoms with Crippen LogP contribution in [0.4, 0.5) is 32.8 Å². The normalized spacial score (nSPS) is 18.8. The number of hydrogen-bond donors (Lipinski definition) is 2. The van der Waals surface area contributed by atoms with Gasteiger partial charge in [0.05, 0.1) is 0 Å². The van der Waals surface area contributed by atoms with Crippen LogP contribution in [0.2, 0.25) is 0 Å². The first kappa shape index (κ1) is 36.2. The van der Waals surface area contributed by atoms with E-state index in [9.17, 15) is 41.5 Å². The number of benzene rings is 2. The van der Waals surface area contributed by atoms with Gasteiger partial charge in [-0.3, -0.25) is 14.4 Å². The Kier molecular flexibility index (Phi) is 10.1. The van der Waals surface area contributed by atoms with Crippen LogP contribution in [0.3, 0.4) is 0 Å². The van der Waals surface area contributed by atoms with E-state index >= 15 is 0 Å². The van der Waals surface area contributed by atoms with Gasteiger partial charge in [-0.15, -0.1) is 0 Å². The van der Waals surface area contributed by atoms with Crippen molar-refractivity contribution in [1.29, 1.82) is 0 Å². The van der Waals surface area contributed by atoms with Crippen molar-refractivity contribution >= 4 is 35.6 Å². The van der Waals surface area contributed by atoms with Crippen LogP contribution >= 0.6 is 0 Å². The van der Waals surface area contributed by atoms with Crippen molar-refractivity contribution < 1.29 is 51.0 Å². The number of carbonyl (C=O) groups excluding carboxylic acids is 5. The molecule has 11 nitrogen and oxygen atoms in total. The van der Waals surface area contributed by atoms with Crippen molar-refractivity contribution in [2.75, 3.05) is 11.9 Å². The van der Waals surface area contributed by atoms with Crippen molar-refractivity contribution in [3.05, 3.63) is 65.0 Å². The first-order valence-corrected chi connectivity index (χ1v) is 15.3. The molecular weight excluding hydrogens is 640 g/mol. The summed E-state index contributed by atoms with van der Waals surface area (Å²) in [5, 5.41) is 5.30. The first-order valence-electron chi connectivity index (χ1n) is 15.3. The van der Waals surface area contributed by atoms with Gasteiger partial charge in [0.2, 0.25) is 17.4 Å². The van der Waals surface area contributed by atoms with E-state index < -0.39 is 78.3 Å². The zero-order valence-corrected chi connectivity index (χ0v) is 27.4. The molecule has 0 radical (unpaired) electrons. The van der Waals surface area contributed by atoms with Crippen molar-refractivity contribution in [2.24, 2.45) is 5.92 Å². The average Bonchev–Trinajstić information content (AvgIpc) is 3.45. The van der Waals surface area contributed by atoms with Gasteiger partial charge in [0, 0.05) is 24.2 Å². The van der Waals surface area contributed by atoms with E-state index in [-0.39, 0.29) is 24.3 Å². The summed E-state index contributed by atoms with van der Waals surface area (Å²) in [7, 11) is 0. The molecule has 3 atom stereocenters. The number of imide groups is 1. The maximum Gasteiger partial charge on any atom is 0.418 e. The highest BCUT2D eigenvalue weighted by molar-refractivity contribution is 6.06. The van der Waals surface area contributed by atoms with Crippen LogP contribution < -0.4 is 10.6 Å². The average molecular weight is 679 g/mol. The number of nitrogens with one attached hydrogen (secondary N) is 2. The van der Waals surface area contributed by atoms with Crippen LogP contribution in [0.25, 0.3) is 0 Å². The number of alkyl carbamates (subject to hydrolysis) is 1. The molecule has 4 rings (SSSR count). The Hall–Kier alpha value is -4.69. The monoisotopic (exact) mass is 678 g/mol. The van der Waals surface area contributed by atoms with Crippen LogP contribution in [0.1, 0.15) is 64.7 Å². The van der Waals surface area contributed by atoms with E-state index in [2.05, 4.69) is 10.6 Å². The predicted molar refractivity (Wildman–Crippen MR) is 164 cm³/mol. The lowest BCUT2D eigenvalue weighted by atomic mass is 9.94. The molecule has 1 aliphatic heterocycles. The van der Waals surface area contributed by atoms with Gasteiger partial charge in [0.15, 0.2) is 0 Å². The minimum Gasteiger partial charge on any atom is -0.444 e. The Bertz CT molecular complexity index is 1590. The van der Waals surface area contributed by atoms with Crippen LogP contribution in [0.15, 0.2) is 42.5 Å². The van der Waals surface area contributed by atoms with E-state index in [0.29, 0.717) is 26.6 Å². The van der Waals surface area contributed by atoms with Gasteiger partial charge in [0.25, 0.3) is 5.91 Å². The molecule has 1 fully saturated rings. The van der Waals surface area contributed by atoms with E-state index in [1.165, 1.54) is 24.3 Å². The maximum atomic E-state index is 13.7. The summed E-state index contributed by atoms with van der Waals surface area (Å²) in [6.45, 7) is 7.78. The number of carbonyl (C=O) groups is 5. The predicted octanol–water partition coefficient (Wildman–Crippen LogP) is 5.41. The molecule has 1 aliphatic carbocycles.